The van der Waals surface area contributed by atoms with Crippen LogP contribution in [0.3, 0.4) is 0 Å². The SMILES string of the molecule is C=CCOC(=O)NC(CC(C)CO)C(=O)O. The van der Waals surface area contributed by atoms with Gasteiger partial charge in [0.2, 0.25) is 0 Å². The Morgan fingerprint density at radius 2 is 2.19 bits per heavy atom. The van der Waals surface area contributed by atoms with Gasteiger partial charge in [0.05, 0.1) is 0 Å². The third-order valence-electron chi connectivity index (χ3n) is 1.87. The average molecular weight is 231 g/mol. The molecule has 16 heavy (non-hydrogen) atoms. The molecular weight excluding hydrogens is 214 g/mol. The van der Waals surface area contributed by atoms with Crippen molar-refractivity contribution in [3.05, 3.63) is 12.7 Å². The standard InChI is InChI=1S/C10H17NO5/c1-3-4-16-10(15)11-8(9(13)14)5-7(2)6-12/h3,7-8,12H,1,4-6H2,2H3,(H,11,15)(H,13,14). The number of alkyl carbamates (subject to hydrolysis) is 1. The minimum absolute atomic E-state index is 0.0216. The molecule has 0 fully saturated rings. The highest BCUT2D eigenvalue weighted by Gasteiger charge is 2.22. The van der Waals surface area contributed by atoms with Crippen LogP contribution < -0.4 is 5.32 Å². The molecule has 0 aromatic heterocycles. The van der Waals surface area contributed by atoms with E-state index in [-0.39, 0.29) is 25.6 Å². The van der Waals surface area contributed by atoms with Crippen LogP contribution >= 0.6 is 0 Å². The van der Waals surface area contributed by atoms with Gasteiger partial charge < -0.3 is 20.3 Å². The zero-order valence-corrected chi connectivity index (χ0v) is 9.18. The minimum Gasteiger partial charge on any atom is -0.480 e. The second-order valence-corrected chi connectivity index (χ2v) is 3.45. The first-order valence-electron chi connectivity index (χ1n) is 4.89. The number of hydrogen-bond acceptors (Lipinski definition) is 4. The molecule has 0 aromatic rings. The van der Waals surface area contributed by atoms with E-state index in [1.807, 2.05) is 0 Å². The first-order valence-corrected chi connectivity index (χ1v) is 4.89. The van der Waals surface area contributed by atoms with Crippen molar-refractivity contribution in [1.29, 1.82) is 0 Å². The Balaban J connectivity index is 4.17. The number of carboxylic acids is 1. The third kappa shape index (κ3) is 6.02. The van der Waals surface area contributed by atoms with Crippen molar-refractivity contribution in [2.75, 3.05) is 13.2 Å². The molecule has 0 rings (SSSR count). The maximum atomic E-state index is 11.1. The van der Waals surface area contributed by atoms with E-state index in [0.29, 0.717) is 0 Å². The second kappa shape index (κ2) is 7.70. The predicted molar refractivity (Wildman–Crippen MR) is 57.0 cm³/mol. The molecule has 0 aliphatic carbocycles. The van der Waals surface area contributed by atoms with Crippen molar-refractivity contribution < 1.29 is 24.5 Å². The number of ether oxygens (including phenoxy) is 1. The third-order valence-corrected chi connectivity index (χ3v) is 1.87. The molecule has 92 valence electrons. The van der Waals surface area contributed by atoms with Crippen molar-refractivity contribution in [2.45, 2.75) is 19.4 Å². The molecule has 0 radical (unpaired) electrons. The van der Waals surface area contributed by atoms with Crippen molar-refractivity contribution in [2.24, 2.45) is 5.92 Å². The maximum Gasteiger partial charge on any atom is 0.408 e. The lowest BCUT2D eigenvalue weighted by Gasteiger charge is -2.16. The van der Waals surface area contributed by atoms with Gasteiger partial charge >= 0.3 is 12.1 Å². The topological polar surface area (TPSA) is 95.9 Å². The summed E-state index contributed by atoms with van der Waals surface area (Å²) >= 11 is 0. The van der Waals surface area contributed by atoms with Crippen LogP contribution in [-0.2, 0) is 9.53 Å². The predicted octanol–water partition coefficient (Wildman–Crippen LogP) is 0.370. The van der Waals surface area contributed by atoms with Crippen LogP contribution in [0.5, 0.6) is 0 Å². The van der Waals surface area contributed by atoms with Crippen LogP contribution in [0.2, 0.25) is 0 Å². The van der Waals surface area contributed by atoms with Crippen LogP contribution in [0.15, 0.2) is 12.7 Å². The summed E-state index contributed by atoms with van der Waals surface area (Å²) < 4.78 is 4.59. The number of aliphatic hydroxyl groups is 1. The monoisotopic (exact) mass is 231 g/mol. The number of amides is 1. The first-order chi connectivity index (χ1) is 7.51. The molecule has 0 saturated heterocycles. The highest BCUT2D eigenvalue weighted by atomic mass is 16.5. The summed E-state index contributed by atoms with van der Waals surface area (Å²) in [6, 6.07) is -1.06. The number of aliphatic hydroxyl groups excluding tert-OH is 1. The fraction of sp³-hybridized carbons (Fsp3) is 0.600. The van der Waals surface area contributed by atoms with E-state index in [4.69, 9.17) is 10.2 Å². The van der Waals surface area contributed by atoms with E-state index >= 15 is 0 Å². The van der Waals surface area contributed by atoms with E-state index in [9.17, 15) is 9.59 Å². The minimum atomic E-state index is -1.16. The van der Waals surface area contributed by atoms with Gasteiger partial charge in [-0.2, -0.15) is 0 Å². The molecule has 0 saturated carbocycles. The van der Waals surface area contributed by atoms with Crippen molar-refractivity contribution >= 4 is 12.1 Å². The quantitative estimate of drug-likeness (QED) is 0.550. The number of hydrogen-bond donors (Lipinski definition) is 3. The Morgan fingerprint density at radius 1 is 1.56 bits per heavy atom. The molecule has 6 nitrogen and oxygen atoms in total. The lowest BCUT2D eigenvalue weighted by Crippen LogP contribution is -2.42. The van der Waals surface area contributed by atoms with Gasteiger partial charge in [-0.15, -0.1) is 0 Å². The van der Waals surface area contributed by atoms with E-state index in [1.165, 1.54) is 6.08 Å². The Labute approximate surface area is 93.9 Å². The molecule has 0 heterocycles. The summed E-state index contributed by atoms with van der Waals surface area (Å²) in [6.07, 6.45) is 0.721. The highest BCUT2D eigenvalue weighted by Crippen LogP contribution is 2.05. The number of carbonyl (C=O) groups is 2. The first kappa shape index (κ1) is 14.4. The summed E-state index contributed by atoms with van der Waals surface area (Å²) in [5, 5.41) is 19.8. The average Bonchev–Trinajstić information content (AvgIpc) is 2.24. The molecule has 6 heteroatoms. The largest absolute Gasteiger partial charge is 0.480 e. The maximum absolute atomic E-state index is 11.1. The molecule has 0 aliphatic heterocycles. The van der Waals surface area contributed by atoms with Crippen molar-refractivity contribution in [3.63, 3.8) is 0 Å². The Hall–Kier alpha value is -1.56. The van der Waals surface area contributed by atoms with Crippen molar-refractivity contribution in [1.82, 2.24) is 5.32 Å². The van der Waals surface area contributed by atoms with Crippen molar-refractivity contribution in [3.8, 4) is 0 Å². The smallest absolute Gasteiger partial charge is 0.408 e. The molecular formula is C10H17NO5. The number of rotatable bonds is 7. The summed E-state index contributed by atoms with van der Waals surface area (Å²) in [5.41, 5.74) is 0. The van der Waals surface area contributed by atoms with Gasteiger partial charge in [0.1, 0.15) is 12.6 Å². The zero-order chi connectivity index (χ0) is 12.6. The second-order valence-electron chi connectivity index (χ2n) is 3.45. The number of carbonyl (C=O) groups excluding carboxylic acids is 1. The molecule has 0 bridgehead atoms. The highest BCUT2D eigenvalue weighted by molar-refractivity contribution is 5.79. The Bertz CT molecular complexity index is 254. The summed E-state index contributed by atoms with van der Waals surface area (Å²) in [6.45, 7) is 4.93. The number of aliphatic carboxylic acids is 1. The lowest BCUT2D eigenvalue weighted by molar-refractivity contribution is -0.139. The van der Waals surface area contributed by atoms with Crippen LogP contribution in [0, 0.1) is 5.92 Å². The molecule has 0 spiro atoms. The molecule has 0 aromatic carbocycles. The van der Waals surface area contributed by atoms with E-state index in [0.717, 1.165) is 0 Å². The summed E-state index contributed by atoms with van der Waals surface area (Å²) in [4.78, 5) is 21.9. The Kier molecular flexibility index (Phi) is 6.95. The zero-order valence-electron chi connectivity index (χ0n) is 9.18. The molecule has 1 amide bonds. The van der Waals surface area contributed by atoms with Gasteiger partial charge in [0.15, 0.2) is 0 Å². The summed E-state index contributed by atoms with van der Waals surface area (Å²) in [5.74, 6) is -1.36. The van der Waals surface area contributed by atoms with Crippen LogP contribution in [0.25, 0.3) is 0 Å². The fourth-order valence-corrected chi connectivity index (χ4v) is 1.02. The van der Waals surface area contributed by atoms with E-state index in [2.05, 4.69) is 16.6 Å². The molecule has 2 unspecified atom stereocenters. The van der Waals surface area contributed by atoms with Gasteiger partial charge in [-0.05, 0) is 12.3 Å². The lowest BCUT2D eigenvalue weighted by atomic mass is 10.0. The van der Waals surface area contributed by atoms with Gasteiger partial charge in [-0.3, -0.25) is 0 Å². The van der Waals surface area contributed by atoms with Gasteiger partial charge in [-0.25, -0.2) is 9.59 Å². The van der Waals surface area contributed by atoms with Crippen LogP contribution in [0.4, 0.5) is 4.79 Å². The summed E-state index contributed by atoms with van der Waals surface area (Å²) in [7, 11) is 0. The molecule has 2 atom stereocenters. The van der Waals surface area contributed by atoms with Crippen LogP contribution in [0.1, 0.15) is 13.3 Å². The number of carboxylic acid groups (broad SMARTS) is 1. The van der Waals surface area contributed by atoms with Gasteiger partial charge in [0, 0.05) is 6.61 Å². The molecule has 0 aliphatic rings. The van der Waals surface area contributed by atoms with E-state index < -0.39 is 18.1 Å². The van der Waals surface area contributed by atoms with E-state index in [1.54, 1.807) is 6.92 Å². The normalized spacial score (nSPS) is 13.6. The Morgan fingerprint density at radius 3 is 2.62 bits per heavy atom. The molecule has 3 N–H and O–H groups in total. The van der Waals surface area contributed by atoms with Gasteiger partial charge in [0.25, 0.3) is 0 Å². The van der Waals surface area contributed by atoms with Crippen LogP contribution in [-0.4, -0.2) is 41.5 Å². The number of nitrogens with one attached hydrogen (secondary N) is 1. The fourth-order valence-electron chi connectivity index (χ4n) is 1.02. The van der Waals surface area contributed by atoms with Gasteiger partial charge in [-0.1, -0.05) is 19.6 Å².